The smallest absolute Gasteiger partial charge is 0.358 e. The molecule has 0 saturated carbocycles. The van der Waals surface area contributed by atoms with E-state index in [1.807, 2.05) is 30.3 Å². The van der Waals surface area contributed by atoms with Crippen LogP contribution in [0.15, 0.2) is 40.6 Å². The molecule has 0 radical (unpaired) electrons. The second kappa shape index (κ2) is 8.02. The number of benzene rings is 1. The maximum absolute atomic E-state index is 12.4. The Morgan fingerprint density at radius 1 is 1.28 bits per heavy atom. The molecule has 7 nitrogen and oxygen atoms in total. The summed E-state index contributed by atoms with van der Waals surface area (Å²) in [5, 5.41) is 13.2. The fraction of sp³-hybridized carbons (Fsp3) is 0.444. The summed E-state index contributed by atoms with van der Waals surface area (Å²) in [4.78, 5) is 12.4. The third-order valence-corrected chi connectivity index (χ3v) is 4.15. The Bertz CT molecular complexity index is 749. The minimum absolute atomic E-state index is 0.202. The number of carbonyl (C=O) groups excluding carboxylic acids is 1. The zero-order valence-corrected chi connectivity index (χ0v) is 14.5. The van der Waals surface area contributed by atoms with Crippen LogP contribution in [-0.4, -0.2) is 35.6 Å². The summed E-state index contributed by atoms with van der Waals surface area (Å²) in [6.45, 7) is 3.45. The zero-order valence-electron chi connectivity index (χ0n) is 14.5. The molecule has 0 unspecified atom stereocenters. The number of hydrogen-bond acceptors (Lipinski definition) is 6. The van der Waals surface area contributed by atoms with Gasteiger partial charge in [-0.1, -0.05) is 18.2 Å². The Balaban J connectivity index is 2.01. The van der Waals surface area contributed by atoms with Gasteiger partial charge in [-0.25, -0.2) is 4.79 Å². The lowest BCUT2D eigenvalue weighted by Crippen LogP contribution is -2.14. The predicted molar refractivity (Wildman–Crippen MR) is 92.6 cm³/mol. The lowest BCUT2D eigenvalue weighted by atomic mass is 9.95. The van der Waals surface area contributed by atoms with Crippen LogP contribution in [0.1, 0.15) is 41.9 Å². The van der Waals surface area contributed by atoms with Crippen molar-refractivity contribution in [1.82, 2.24) is 9.78 Å². The highest BCUT2D eigenvalue weighted by Crippen LogP contribution is 2.36. The third kappa shape index (κ3) is 3.93. The summed E-state index contributed by atoms with van der Waals surface area (Å²) >= 11 is 0. The lowest BCUT2D eigenvalue weighted by Gasteiger charge is -2.20. The van der Waals surface area contributed by atoms with Gasteiger partial charge in [-0.2, -0.15) is 10.2 Å². The van der Waals surface area contributed by atoms with E-state index in [-0.39, 0.29) is 5.92 Å². The molecule has 25 heavy (non-hydrogen) atoms. The highest BCUT2D eigenvalue weighted by molar-refractivity contribution is 5.93. The van der Waals surface area contributed by atoms with Gasteiger partial charge in [-0.05, 0) is 31.9 Å². The molecule has 0 N–H and O–H groups in total. The van der Waals surface area contributed by atoms with Crippen molar-refractivity contribution in [2.75, 3.05) is 19.8 Å². The number of azo groups is 1. The van der Waals surface area contributed by atoms with Crippen LogP contribution in [0.4, 0.5) is 11.4 Å². The van der Waals surface area contributed by atoms with Crippen LogP contribution in [0.25, 0.3) is 0 Å². The second-order valence-electron chi connectivity index (χ2n) is 5.85. The number of nitrogens with zero attached hydrogens (tertiary/aromatic N) is 4. The van der Waals surface area contributed by atoms with Crippen LogP contribution >= 0.6 is 0 Å². The van der Waals surface area contributed by atoms with Gasteiger partial charge in [0.05, 0.1) is 18.0 Å². The topological polar surface area (TPSA) is 78.1 Å². The van der Waals surface area contributed by atoms with Gasteiger partial charge in [0.1, 0.15) is 5.69 Å². The van der Waals surface area contributed by atoms with Crippen LogP contribution in [0.5, 0.6) is 0 Å². The number of esters is 1. The van der Waals surface area contributed by atoms with Gasteiger partial charge < -0.3 is 9.47 Å². The minimum Gasteiger partial charge on any atom is -0.461 e. The molecule has 0 bridgehead atoms. The summed E-state index contributed by atoms with van der Waals surface area (Å²) in [6, 6.07) is 9.42. The number of aromatic nitrogens is 2. The molecule has 0 spiro atoms. The molecule has 2 aromatic rings. The summed E-state index contributed by atoms with van der Waals surface area (Å²) in [7, 11) is 1.73. The number of ether oxygens (including phenoxy) is 2. The van der Waals surface area contributed by atoms with E-state index in [4.69, 9.17) is 9.47 Å². The van der Waals surface area contributed by atoms with Crippen molar-refractivity contribution in [3.63, 3.8) is 0 Å². The van der Waals surface area contributed by atoms with E-state index in [0.717, 1.165) is 24.2 Å². The number of aryl methyl sites for hydroxylation is 1. The van der Waals surface area contributed by atoms with E-state index in [2.05, 4.69) is 15.3 Å². The first kappa shape index (κ1) is 17.3. The van der Waals surface area contributed by atoms with Gasteiger partial charge in [-0.3, -0.25) is 4.68 Å². The molecule has 132 valence electrons. The van der Waals surface area contributed by atoms with E-state index < -0.39 is 5.97 Å². The molecule has 1 aliphatic rings. The van der Waals surface area contributed by atoms with Gasteiger partial charge >= 0.3 is 5.97 Å². The first-order valence-corrected chi connectivity index (χ1v) is 8.49. The Labute approximate surface area is 146 Å². The molecular formula is C18H22N4O3. The molecule has 1 aliphatic heterocycles. The molecule has 0 atom stereocenters. The van der Waals surface area contributed by atoms with Crippen molar-refractivity contribution >= 4 is 17.3 Å². The van der Waals surface area contributed by atoms with Crippen molar-refractivity contribution in [1.29, 1.82) is 0 Å². The highest BCUT2D eigenvalue weighted by atomic mass is 16.5. The van der Waals surface area contributed by atoms with Crippen LogP contribution in [-0.2, 0) is 16.5 Å². The average molecular weight is 342 g/mol. The van der Waals surface area contributed by atoms with Crippen molar-refractivity contribution in [3.8, 4) is 0 Å². The fourth-order valence-electron chi connectivity index (χ4n) is 2.91. The van der Waals surface area contributed by atoms with Crippen molar-refractivity contribution < 1.29 is 14.3 Å². The van der Waals surface area contributed by atoms with Gasteiger partial charge in [0, 0.05) is 26.2 Å². The molecule has 7 heteroatoms. The van der Waals surface area contributed by atoms with Crippen LogP contribution < -0.4 is 0 Å². The van der Waals surface area contributed by atoms with Crippen LogP contribution in [0.2, 0.25) is 0 Å². The Morgan fingerprint density at radius 2 is 2.00 bits per heavy atom. The van der Waals surface area contributed by atoms with Gasteiger partial charge in [0.25, 0.3) is 0 Å². The molecule has 1 saturated heterocycles. The number of rotatable bonds is 5. The third-order valence-electron chi connectivity index (χ3n) is 4.15. The summed E-state index contributed by atoms with van der Waals surface area (Å²) in [5.74, 6) is -0.231. The first-order valence-electron chi connectivity index (χ1n) is 8.49. The standard InChI is InChI=1S/C18H22N4O3/c1-3-25-18(23)17-16(20-19-14-7-5-4-6-8-14)15(21-22(17)2)13-9-11-24-12-10-13/h4-8,13H,3,9-12H2,1-2H3. The monoisotopic (exact) mass is 342 g/mol. The molecule has 0 amide bonds. The van der Waals surface area contributed by atoms with Gasteiger partial charge in [-0.15, -0.1) is 5.11 Å². The maximum atomic E-state index is 12.4. The van der Waals surface area contributed by atoms with Gasteiger partial charge in [0.15, 0.2) is 5.69 Å². The molecule has 1 aromatic carbocycles. The molecular weight excluding hydrogens is 320 g/mol. The normalized spacial score (nSPS) is 15.6. The van der Waals surface area contributed by atoms with Crippen molar-refractivity contribution in [3.05, 3.63) is 41.7 Å². The maximum Gasteiger partial charge on any atom is 0.358 e. The summed E-state index contributed by atoms with van der Waals surface area (Å²) in [5.41, 5.74) is 2.34. The van der Waals surface area contributed by atoms with Crippen LogP contribution in [0, 0.1) is 0 Å². The quantitative estimate of drug-likeness (QED) is 0.610. The first-order chi connectivity index (χ1) is 12.2. The molecule has 3 rings (SSSR count). The Kier molecular flexibility index (Phi) is 5.55. The minimum atomic E-state index is -0.433. The predicted octanol–water partition coefficient (Wildman–Crippen LogP) is 3.91. The van der Waals surface area contributed by atoms with Gasteiger partial charge in [0.2, 0.25) is 0 Å². The second-order valence-corrected chi connectivity index (χ2v) is 5.85. The Hall–Kier alpha value is -2.54. The SMILES string of the molecule is CCOC(=O)c1c(N=Nc2ccccc2)c(C2CCOCC2)nn1C. The highest BCUT2D eigenvalue weighted by Gasteiger charge is 2.29. The van der Waals surface area contributed by atoms with E-state index >= 15 is 0 Å². The Morgan fingerprint density at radius 3 is 2.68 bits per heavy atom. The molecule has 0 aliphatic carbocycles. The summed E-state index contributed by atoms with van der Waals surface area (Å²) < 4.78 is 12.2. The largest absolute Gasteiger partial charge is 0.461 e. The molecule has 1 aromatic heterocycles. The van der Waals surface area contributed by atoms with E-state index in [9.17, 15) is 4.79 Å². The summed E-state index contributed by atoms with van der Waals surface area (Å²) in [6.07, 6.45) is 1.71. The number of hydrogen-bond donors (Lipinski definition) is 0. The van der Waals surface area contributed by atoms with Crippen molar-refractivity contribution in [2.45, 2.75) is 25.7 Å². The lowest BCUT2D eigenvalue weighted by molar-refractivity contribution is 0.0514. The number of carbonyl (C=O) groups is 1. The van der Waals surface area contributed by atoms with Crippen molar-refractivity contribution in [2.24, 2.45) is 17.3 Å². The van der Waals surface area contributed by atoms with E-state index in [1.54, 1.807) is 18.7 Å². The van der Waals surface area contributed by atoms with E-state index in [0.29, 0.717) is 31.2 Å². The van der Waals surface area contributed by atoms with E-state index in [1.165, 1.54) is 0 Å². The fourth-order valence-corrected chi connectivity index (χ4v) is 2.91. The average Bonchev–Trinajstić information content (AvgIpc) is 2.98. The zero-order chi connectivity index (χ0) is 17.6. The molecule has 2 heterocycles. The van der Waals surface area contributed by atoms with Crippen LogP contribution in [0.3, 0.4) is 0 Å². The molecule has 1 fully saturated rings.